The lowest BCUT2D eigenvalue weighted by Gasteiger charge is -2.40. The fraction of sp³-hybridized carbons (Fsp3) is 0.600. The standard InChI is InChI=1S/C15H21FN2O3/c1-3-15(4-2)10-11(7-8-21-15)17-14-6-5-12(18(19)20)9-13(14)16/h5-6,9,11,17H,3-4,7-8,10H2,1-2H3. The largest absolute Gasteiger partial charge is 0.380 e. The highest BCUT2D eigenvalue weighted by Gasteiger charge is 2.34. The first-order valence-corrected chi connectivity index (χ1v) is 7.34. The molecule has 0 saturated carbocycles. The molecule has 0 radical (unpaired) electrons. The summed E-state index contributed by atoms with van der Waals surface area (Å²) >= 11 is 0. The molecule has 1 aromatic rings. The molecule has 1 fully saturated rings. The van der Waals surface area contributed by atoms with Crippen LogP contribution in [0.5, 0.6) is 0 Å². The van der Waals surface area contributed by atoms with E-state index in [1.807, 2.05) is 0 Å². The van der Waals surface area contributed by atoms with Crippen LogP contribution in [0.4, 0.5) is 15.8 Å². The van der Waals surface area contributed by atoms with Crippen LogP contribution in [0.15, 0.2) is 18.2 Å². The van der Waals surface area contributed by atoms with Gasteiger partial charge in [0.2, 0.25) is 0 Å². The Hall–Kier alpha value is -1.69. The molecule has 116 valence electrons. The second-order valence-electron chi connectivity index (χ2n) is 5.49. The maximum absolute atomic E-state index is 13.9. The number of non-ortho nitro benzene ring substituents is 1. The van der Waals surface area contributed by atoms with Crippen LogP contribution in [0.2, 0.25) is 0 Å². The normalized spacial score (nSPS) is 21.0. The van der Waals surface area contributed by atoms with Crippen molar-refractivity contribution in [1.29, 1.82) is 0 Å². The lowest BCUT2D eigenvalue weighted by atomic mass is 9.86. The topological polar surface area (TPSA) is 64.4 Å². The fourth-order valence-electron chi connectivity index (χ4n) is 2.85. The van der Waals surface area contributed by atoms with Crippen LogP contribution in [0, 0.1) is 15.9 Å². The number of nitrogens with one attached hydrogen (secondary N) is 1. The third-order valence-corrected chi connectivity index (χ3v) is 4.30. The van der Waals surface area contributed by atoms with Gasteiger partial charge in [0, 0.05) is 18.7 Å². The molecule has 2 rings (SSSR count). The van der Waals surface area contributed by atoms with Crippen LogP contribution in [-0.4, -0.2) is 23.2 Å². The molecule has 6 heteroatoms. The van der Waals surface area contributed by atoms with Gasteiger partial charge < -0.3 is 10.1 Å². The van der Waals surface area contributed by atoms with Crippen molar-refractivity contribution in [2.45, 2.75) is 51.2 Å². The van der Waals surface area contributed by atoms with E-state index in [0.717, 1.165) is 31.7 Å². The SMILES string of the molecule is CCC1(CC)CC(Nc2ccc([N+](=O)[O-])cc2F)CCO1. The summed E-state index contributed by atoms with van der Waals surface area (Å²) in [6, 6.07) is 3.82. The Balaban J connectivity index is 2.09. The van der Waals surface area contributed by atoms with Crippen molar-refractivity contribution in [3.05, 3.63) is 34.1 Å². The molecule has 1 atom stereocenters. The van der Waals surface area contributed by atoms with Gasteiger partial charge in [-0.3, -0.25) is 10.1 Å². The summed E-state index contributed by atoms with van der Waals surface area (Å²) in [5.74, 6) is -0.589. The number of hydrogen-bond acceptors (Lipinski definition) is 4. The van der Waals surface area contributed by atoms with E-state index in [9.17, 15) is 14.5 Å². The lowest BCUT2D eigenvalue weighted by Crippen LogP contribution is -2.43. The number of nitro groups is 1. The van der Waals surface area contributed by atoms with Gasteiger partial charge in [-0.05, 0) is 31.7 Å². The molecule has 0 bridgehead atoms. The first-order valence-electron chi connectivity index (χ1n) is 7.34. The Labute approximate surface area is 123 Å². The average Bonchev–Trinajstić information content (AvgIpc) is 2.49. The minimum absolute atomic E-state index is 0.120. The number of nitrogens with zero attached hydrogens (tertiary/aromatic N) is 1. The highest BCUT2D eigenvalue weighted by molar-refractivity contribution is 5.50. The second-order valence-corrected chi connectivity index (χ2v) is 5.49. The molecule has 0 spiro atoms. The van der Waals surface area contributed by atoms with Gasteiger partial charge in [0.25, 0.3) is 5.69 Å². The molecule has 1 N–H and O–H groups in total. The third kappa shape index (κ3) is 3.50. The van der Waals surface area contributed by atoms with E-state index in [0.29, 0.717) is 12.3 Å². The Kier molecular flexibility index (Phi) is 4.77. The fourth-order valence-corrected chi connectivity index (χ4v) is 2.85. The first kappa shape index (κ1) is 15.7. The summed E-state index contributed by atoms with van der Waals surface area (Å²) in [7, 11) is 0. The summed E-state index contributed by atoms with van der Waals surface area (Å²) in [6.45, 7) is 4.84. The van der Waals surface area contributed by atoms with E-state index in [4.69, 9.17) is 4.74 Å². The van der Waals surface area contributed by atoms with Crippen LogP contribution in [0.3, 0.4) is 0 Å². The molecule has 1 saturated heterocycles. The van der Waals surface area contributed by atoms with Crippen molar-refractivity contribution < 1.29 is 14.1 Å². The van der Waals surface area contributed by atoms with Crippen LogP contribution < -0.4 is 5.32 Å². The molecule has 5 nitrogen and oxygen atoms in total. The molecule has 0 aliphatic carbocycles. The minimum Gasteiger partial charge on any atom is -0.380 e. The van der Waals surface area contributed by atoms with Gasteiger partial charge in [0.15, 0.2) is 5.82 Å². The monoisotopic (exact) mass is 296 g/mol. The molecule has 0 aromatic heterocycles. The number of halogens is 1. The van der Waals surface area contributed by atoms with E-state index < -0.39 is 10.7 Å². The Morgan fingerprint density at radius 2 is 2.19 bits per heavy atom. The van der Waals surface area contributed by atoms with E-state index in [1.165, 1.54) is 12.1 Å². The highest BCUT2D eigenvalue weighted by Crippen LogP contribution is 2.33. The van der Waals surface area contributed by atoms with E-state index >= 15 is 0 Å². The predicted molar refractivity (Wildman–Crippen MR) is 79.0 cm³/mol. The molecular formula is C15H21FN2O3. The maximum Gasteiger partial charge on any atom is 0.272 e. The van der Waals surface area contributed by atoms with Crippen LogP contribution in [0.25, 0.3) is 0 Å². The zero-order chi connectivity index (χ0) is 15.5. The van der Waals surface area contributed by atoms with Crippen LogP contribution in [-0.2, 0) is 4.74 Å². The van der Waals surface area contributed by atoms with E-state index in [1.54, 1.807) is 0 Å². The number of ether oxygens (including phenoxy) is 1. The first-order chi connectivity index (χ1) is 9.99. The Morgan fingerprint density at radius 1 is 1.48 bits per heavy atom. The van der Waals surface area contributed by atoms with Gasteiger partial charge >= 0.3 is 0 Å². The molecule has 0 amide bonds. The smallest absolute Gasteiger partial charge is 0.272 e. The van der Waals surface area contributed by atoms with Crippen molar-refractivity contribution in [3.63, 3.8) is 0 Å². The predicted octanol–water partition coefficient (Wildman–Crippen LogP) is 3.88. The molecule has 1 aliphatic heterocycles. The van der Waals surface area contributed by atoms with Gasteiger partial charge in [-0.15, -0.1) is 0 Å². The molecule has 21 heavy (non-hydrogen) atoms. The Bertz CT molecular complexity index is 518. The summed E-state index contributed by atoms with van der Waals surface area (Å²) in [5.41, 5.74) is -0.0669. The van der Waals surface area contributed by atoms with Crippen LogP contribution in [0.1, 0.15) is 39.5 Å². The van der Waals surface area contributed by atoms with Crippen molar-refractivity contribution in [2.75, 3.05) is 11.9 Å². The van der Waals surface area contributed by atoms with Gasteiger partial charge in [-0.1, -0.05) is 13.8 Å². The van der Waals surface area contributed by atoms with Crippen molar-refractivity contribution in [2.24, 2.45) is 0 Å². The average molecular weight is 296 g/mol. The summed E-state index contributed by atoms with van der Waals surface area (Å²) in [5, 5.41) is 13.8. The van der Waals surface area contributed by atoms with Crippen molar-refractivity contribution in [1.82, 2.24) is 0 Å². The number of hydrogen-bond donors (Lipinski definition) is 1. The molecule has 1 heterocycles. The van der Waals surface area contributed by atoms with Gasteiger partial charge in [0.05, 0.1) is 22.3 Å². The number of nitro benzene ring substituents is 1. The quantitative estimate of drug-likeness (QED) is 0.661. The van der Waals surface area contributed by atoms with Crippen molar-refractivity contribution in [3.8, 4) is 0 Å². The van der Waals surface area contributed by atoms with Crippen LogP contribution >= 0.6 is 0 Å². The summed E-state index contributed by atoms with van der Waals surface area (Å²) in [4.78, 5) is 10.0. The molecule has 1 aromatic carbocycles. The summed E-state index contributed by atoms with van der Waals surface area (Å²) < 4.78 is 19.8. The van der Waals surface area contributed by atoms with Gasteiger partial charge in [0.1, 0.15) is 0 Å². The minimum atomic E-state index is -0.597. The number of anilines is 1. The highest BCUT2D eigenvalue weighted by atomic mass is 19.1. The van der Waals surface area contributed by atoms with Gasteiger partial charge in [-0.2, -0.15) is 0 Å². The van der Waals surface area contributed by atoms with E-state index in [2.05, 4.69) is 19.2 Å². The molecular weight excluding hydrogens is 275 g/mol. The lowest BCUT2D eigenvalue weighted by molar-refractivity contribution is -0.385. The van der Waals surface area contributed by atoms with E-state index in [-0.39, 0.29) is 17.3 Å². The van der Waals surface area contributed by atoms with Crippen molar-refractivity contribution >= 4 is 11.4 Å². The maximum atomic E-state index is 13.9. The number of rotatable bonds is 5. The molecule has 1 unspecified atom stereocenters. The zero-order valence-electron chi connectivity index (χ0n) is 12.4. The third-order valence-electron chi connectivity index (χ3n) is 4.30. The van der Waals surface area contributed by atoms with Gasteiger partial charge in [-0.25, -0.2) is 4.39 Å². The zero-order valence-corrected chi connectivity index (χ0v) is 12.4. The molecule has 1 aliphatic rings. The Morgan fingerprint density at radius 3 is 2.76 bits per heavy atom. The number of benzene rings is 1. The second kappa shape index (κ2) is 6.39. The summed E-state index contributed by atoms with van der Waals surface area (Å²) in [6.07, 6.45) is 3.46.